The van der Waals surface area contributed by atoms with Crippen LogP contribution in [0.4, 0.5) is 5.69 Å². The summed E-state index contributed by atoms with van der Waals surface area (Å²) in [5.41, 5.74) is 4.95. The molecule has 0 aliphatic carbocycles. The van der Waals surface area contributed by atoms with Crippen molar-refractivity contribution >= 4 is 22.5 Å². The molecule has 0 aliphatic heterocycles. The first kappa shape index (κ1) is 7.25. The second-order valence-electron chi connectivity index (χ2n) is 1.97. The zero-order valence-corrected chi connectivity index (χ0v) is 6.06. The fraction of sp³-hybridized carbons (Fsp3) is 0. The summed E-state index contributed by atoms with van der Waals surface area (Å²) in [5, 5.41) is -0.439. The number of hydrogen-bond donors (Lipinski definition) is 1. The Morgan fingerprint density at radius 1 is 1.50 bits per heavy atom. The van der Waals surface area contributed by atoms with Crippen molar-refractivity contribution in [1.82, 2.24) is 0 Å². The molecule has 2 nitrogen and oxygen atoms in total. The van der Waals surface area contributed by atoms with Crippen LogP contribution in [0.25, 0.3) is 0 Å². The van der Waals surface area contributed by atoms with Crippen LogP contribution in [-0.4, -0.2) is 5.24 Å². The first-order valence-electron chi connectivity index (χ1n) is 2.82. The van der Waals surface area contributed by atoms with E-state index in [0.29, 0.717) is 5.56 Å². The maximum atomic E-state index is 10.5. The molecule has 1 aromatic rings. The first-order valence-corrected chi connectivity index (χ1v) is 3.20. The molecule has 0 bridgehead atoms. The minimum absolute atomic E-state index is 0.439. The van der Waals surface area contributed by atoms with Crippen molar-refractivity contribution in [2.75, 3.05) is 0 Å². The summed E-state index contributed by atoms with van der Waals surface area (Å²) in [6.45, 7) is 0. The molecule has 0 amide bonds. The minimum atomic E-state index is -0.439. The Bertz CT molecular complexity index is 260. The number of quaternary nitrogens is 1. The van der Waals surface area contributed by atoms with E-state index in [9.17, 15) is 4.79 Å². The van der Waals surface area contributed by atoms with Gasteiger partial charge in [0.2, 0.25) is 0 Å². The third-order valence-corrected chi connectivity index (χ3v) is 1.37. The van der Waals surface area contributed by atoms with Gasteiger partial charge in [-0.1, -0.05) is 6.07 Å². The second kappa shape index (κ2) is 2.82. The van der Waals surface area contributed by atoms with E-state index in [1.165, 1.54) is 0 Å². The van der Waals surface area contributed by atoms with Crippen molar-refractivity contribution in [3.8, 4) is 0 Å². The average Bonchev–Trinajstić information content (AvgIpc) is 1.88. The topological polar surface area (TPSA) is 44.7 Å². The van der Waals surface area contributed by atoms with Crippen LogP contribution < -0.4 is 5.73 Å². The largest absolute Gasteiger partial charge is 0.325 e. The van der Waals surface area contributed by atoms with Crippen LogP contribution in [0.5, 0.6) is 0 Å². The van der Waals surface area contributed by atoms with Crippen LogP contribution in [-0.2, 0) is 0 Å². The number of carbonyl (C=O) groups excluding carboxylic acids is 1. The molecule has 1 aromatic carbocycles. The zero-order valence-electron chi connectivity index (χ0n) is 5.30. The lowest BCUT2D eigenvalue weighted by molar-refractivity contribution is -0.254. The van der Waals surface area contributed by atoms with Crippen LogP contribution in [0.2, 0.25) is 0 Å². The van der Waals surface area contributed by atoms with E-state index in [1.807, 2.05) is 6.07 Å². The average molecular weight is 157 g/mol. The van der Waals surface area contributed by atoms with Gasteiger partial charge in [-0.2, -0.15) is 0 Å². The van der Waals surface area contributed by atoms with Crippen molar-refractivity contribution in [2.24, 2.45) is 0 Å². The Morgan fingerprint density at radius 2 is 2.20 bits per heavy atom. The van der Waals surface area contributed by atoms with E-state index in [0.717, 1.165) is 5.69 Å². The quantitative estimate of drug-likeness (QED) is 0.605. The van der Waals surface area contributed by atoms with Gasteiger partial charge in [0.15, 0.2) is 0 Å². The maximum absolute atomic E-state index is 10.5. The third-order valence-electron chi connectivity index (χ3n) is 1.15. The molecular weight excluding hydrogens is 150 g/mol. The SMILES string of the molecule is [NH3+]c1cccc(C(=O)Cl)c1. The fourth-order valence-electron chi connectivity index (χ4n) is 0.694. The molecule has 0 radical (unpaired) electrons. The van der Waals surface area contributed by atoms with Gasteiger partial charge >= 0.3 is 0 Å². The highest BCUT2D eigenvalue weighted by molar-refractivity contribution is 6.67. The molecule has 10 heavy (non-hydrogen) atoms. The highest BCUT2D eigenvalue weighted by atomic mass is 35.5. The van der Waals surface area contributed by atoms with Crippen LogP contribution in [0.1, 0.15) is 10.4 Å². The van der Waals surface area contributed by atoms with Crippen LogP contribution in [0.15, 0.2) is 24.3 Å². The van der Waals surface area contributed by atoms with E-state index < -0.39 is 5.24 Å². The molecule has 0 fully saturated rings. The standard InChI is InChI=1S/C7H6ClNO/c8-7(10)5-2-1-3-6(9)4-5/h1-4H,9H2/p+1. The van der Waals surface area contributed by atoms with Crippen molar-refractivity contribution in [1.29, 1.82) is 0 Å². The Morgan fingerprint density at radius 3 is 2.60 bits per heavy atom. The summed E-state index contributed by atoms with van der Waals surface area (Å²) in [7, 11) is 0. The molecule has 0 aliphatic rings. The van der Waals surface area contributed by atoms with Gasteiger partial charge in [0.05, 0.1) is 0 Å². The second-order valence-corrected chi connectivity index (χ2v) is 2.32. The molecule has 0 saturated heterocycles. The smallest absolute Gasteiger partial charge is 0.252 e. The van der Waals surface area contributed by atoms with Crippen molar-refractivity contribution in [3.63, 3.8) is 0 Å². The summed E-state index contributed by atoms with van der Waals surface area (Å²) in [4.78, 5) is 10.5. The number of rotatable bonds is 1. The highest BCUT2D eigenvalue weighted by Gasteiger charge is 2.00. The minimum Gasteiger partial charge on any atom is -0.325 e. The summed E-state index contributed by atoms with van der Waals surface area (Å²) < 4.78 is 0. The Hall–Kier alpha value is -0.860. The van der Waals surface area contributed by atoms with E-state index in [1.54, 1.807) is 18.2 Å². The van der Waals surface area contributed by atoms with Gasteiger partial charge in [0, 0.05) is 11.6 Å². The molecule has 0 heterocycles. The van der Waals surface area contributed by atoms with Gasteiger partial charge in [-0.3, -0.25) is 4.79 Å². The first-order chi connectivity index (χ1) is 4.70. The summed E-state index contributed by atoms with van der Waals surface area (Å²) in [5.74, 6) is 0. The van der Waals surface area contributed by atoms with Crippen LogP contribution in [0, 0.1) is 0 Å². The number of carbonyl (C=O) groups is 1. The van der Waals surface area contributed by atoms with Crippen molar-refractivity contribution in [3.05, 3.63) is 29.8 Å². The van der Waals surface area contributed by atoms with Crippen LogP contribution in [0.3, 0.4) is 0 Å². The molecule has 3 N–H and O–H groups in total. The lowest BCUT2D eigenvalue weighted by Crippen LogP contribution is -2.40. The van der Waals surface area contributed by atoms with Gasteiger partial charge in [-0.15, -0.1) is 0 Å². The summed E-state index contributed by atoms with van der Waals surface area (Å²) in [6, 6.07) is 6.86. The number of hydrogen-bond acceptors (Lipinski definition) is 1. The molecule has 0 spiro atoms. The van der Waals surface area contributed by atoms with E-state index in [-0.39, 0.29) is 0 Å². The van der Waals surface area contributed by atoms with E-state index >= 15 is 0 Å². The van der Waals surface area contributed by atoms with Gasteiger partial charge in [-0.25, -0.2) is 0 Å². The van der Waals surface area contributed by atoms with Gasteiger partial charge in [0.1, 0.15) is 5.69 Å². The molecule has 0 atom stereocenters. The number of benzene rings is 1. The van der Waals surface area contributed by atoms with E-state index in [4.69, 9.17) is 11.6 Å². The summed E-state index contributed by atoms with van der Waals surface area (Å²) >= 11 is 5.21. The number of halogens is 1. The summed E-state index contributed by atoms with van der Waals surface area (Å²) in [6.07, 6.45) is 0. The van der Waals surface area contributed by atoms with Gasteiger partial charge in [-0.05, 0) is 23.7 Å². The molecule has 0 unspecified atom stereocenters. The lowest BCUT2D eigenvalue weighted by atomic mass is 10.2. The Balaban J connectivity index is 3.07. The lowest BCUT2D eigenvalue weighted by Gasteiger charge is -1.90. The van der Waals surface area contributed by atoms with Gasteiger partial charge in [0.25, 0.3) is 5.24 Å². The molecule has 3 heteroatoms. The predicted molar refractivity (Wildman–Crippen MR) is 39.2 cm³/mol. The highest BCUT2D eigenvalue weighted by Crippen LogP contribution is 2.06. The maximum Gasteiger partial charge on any atom is 0.252 e. The van der Waals surface area contributed by atoms with Gasteiger partial charge < -0.3 is 5.73 Å². The monoisotopic (exact) mass is 156 g/mol. The molecule has 0 aromatic heterocycles. The fourth-order valence-corrected chi connectivity index (χ4v) is 0.811. The van der Waals surface area contributed by atoms with E-state index in [2.05, 4.69) is 5.73 Å². The molecule has 0 saturated carbocycles. The molecule has 1 rings (SSSR count). The Kier molecular flexibility index (Phi) is 2.04. The zero-order chi connectivity index (χ0) is 7.56. The normalized spacial score (nSPS) is 9.40. The van der Waals surface area contributed by atoms with Crippen molar-refractivity contribution in [2.45, 2.75) is 0 Å². The molecular formula is C7H7ClNO+. The Labute approximate surface area is 63.6 Å². The molecule has 52 valence electrons. The van der Waals surface area contributed by atoms with Crippen molar-refractivity contribution < 1.29 is 10.5 Å². The van der Waals surface area contributed by atoms with Crippen LogP contribution >= 0.6 is 11.6 Å². The predicted octanol–water partition coefficient (Wildman–Crippen LogP) is 0.939. The third kappa shape index (κ3) is 1.56.